The molecule has 0 saturated carbocycles. The highest BCUT2D eigenvalue weighted by atomic mass is 35.5. The molecule has 1 unspecified atom stereocenters. The lowest BCUT2D eigenvalue weighted by molar-refractivity contribution is 0.216. The Balaban J connectivity index is 1.77. The number of benzene rings is 1. The van der Waals surface area contributed by atoms with E-state index in [9.17, 15) is 4.39 Å². The third kappa shape index (κ3) is 4.49. The second kappa shape index (κ2) is 6.89. The Labute approximate surface area is 121 Å². The van der Waals surface area contributed by atoms with Gasteiger partial charge in [0.25, 0.3) is 0 Å². The van der Waals surface area contributed by atoms with E-state index >= 15 is 0 Å². The summed E-state index contributed by atoms with van der Waals surface area (Å²) in [5.74, 6) is 0.0326. The summed E-state index contributed by atoms with van der Waals surface area (Å²) >= 11 is 7.33. The molecular formula is C14H15ClFNOS. The zero-order valence-corrected chi connectivity index (χ0v) is 12.1. The van der Waals surface area contributed by atoms with Gasteiger partial charge < -0.3 is 10.1 Å². The van der Waals surface area contributed by atoms with Gasteiger partial charge in [0.1, 0.15) is 17.7 Å². The predicted molar refractivity (Wildman–Crippen MR) is 77.5 cm³/mol. The van der Waals surface area contributed by atoms with E-state index in [2.05, 4.69) is 11.4 Å². The Morgan fingerprint density at radius 2 is 2.26 bits per heavy atom. The molecular weight excluding hydrogens is 285 g/mol. The fourth-order valence-electron chi connectivity index (χ4n) is 1.64. The van der Waals surface area contributed by atoms with Crippen molar-refractivity contribution in [2.24, 2.45) is 0 Å². The van der Waals surface area contributed by atoms with Gasteiger partial charge in [-0.1, -0.05) is 17.7 Å². The molecule has 1 atom stereocenters. The van der Waals surface area contributed by atoms with Crippen LogP contribution in [-0.2, 0) is 6.54 Å². The summed E-state index contributed by atoms with van der Waals surface area (Å²) in [6.07, 6.45) is -0.0412. The van der Waals surface area contributed by atoms with Gasteiger partial charge in [-0.25, -0.2) is 4.39 Å². The van der Waals surface area contributed by atoms with Crippen molar-refractivity contribution in [1.29, 1.82) is 0 Å². The molecule has 0 aliphatic heterocycles. The molecule has 0 spiro atoms. The summed E-state index contributed by atoms with van der Waals surface area (Å²) in [7, 11) is 0. The normalized spacial score (nSPS) is 12.4. The van der Waals surface area contributed by atoms with E-state index in [0.717, 1.165) is 6.54 Å². The van der Waals surface area contributed by atoms with E-state index in [1.807, 2.05) is 18.4 Å². The number of thiophene rings is 1. The van der Waals surface area contributed by atoms with Crippen LogP contribution in [-0.4, -0.2) is 12.6 Å². The average molecular weight is 300 g/mol. The highest BCUT2D eigenvalue weighted by molar-refractivity contribution is 7.09. The van der Waals surface area contributed by atoms with Gasteiger partial charge in [0.2, 0.25) is 0 Å². The first-order valence-corrected chi connectivity index (χ1v) is 7.25. The number of ether oxygens (including phenoxy) is 1. The molecule has 2 rings (SSSR count). The van der Waals surface area contributed by atoms with Gasteiger partial charge in [-0.3, -0.25) is 0 Å². The van der Waals surface area contributed by atoms with Gasteiger partial charge >= 0.3 is 0 Å². The lowest BCUT2D eigenvalue weighted by Gasteiger charge is -2.15. The van der Waals surface area contributed by atoms with Crippen molar-refractivity contribution in [1.82, 2.24) is 5.32 Å². The summed E-state index contributed by atoms with van der Waals surface area (Å²) in [6, 6.07) is 8.58. The molecule has 19 heavy (non-hydrogen) atoms. The van der Waals surface area contributed by atoms with E-state index in [4.69, 9.17) is 16.3 Å². The summed E-state index contributed by atoms with van der Waals surface area (Å²) in [4.78, 5) is 1.28. The number of halogens is 2. The number of hydrogen-bond donors (Lipinski definition) is 1. The van der Waals surface area contributed by atoms with Crippen LogP contribution in [0.1, 0.15) is 11.8 Å². The molecule has 2 nitrogen and oxygen atoms in total. The predicted octanol–water partition coefficient (Wildman–Crippen LogP) is 4.10. The molecule has 2 aromatic rings. The van der Waals surface area contributed by atoms with Gasteiger partial charge in [-0.2, -0.15) is 0 Å². The molecule has 0 fully saturated rings. The Morgan fingerprint density at radius 3 is 2.95 bits per heavy atom. The summed E-state index contributed by atoms with van der Waals surface area (Å²) in [5.41, 5.74) is 0. The maximum atomic E-state index is 13.2. The topological polar surface area (TPSA) is 21.3 Å². The van der Waals surface area contributed by atoms with E-state index in [1.165, 1.54) is 17.0 Å². The van der Waals surface area contributed by atoms with Gasteiger partial charge in [-0.15, -0.1) is 11.3 Å². The lowest BCUT2D eigenvalue weighted by Crippen LogP contribution is -2.28. The zero-order chi connectivity index (χ0) is 13.7. The van der Waals surface area contributed by atoms with E-state index in [-0.39, 0.29) is 11.1 Å². The van der Waals surface area contributed by atoms with Crippen LogP contribution in [0.5, 0.6) is 5.75 Å². The minimum absolute atomic E-state index is 0.0412. The monoisotopic (exact) mass is 299 g/mol. The van der Waals surface area contributed by atoms with Crippen molar-refractivity contribution in [2.45, 2.75) is 19.6 Å². The first-order chi connectivity index (χ1) is 9.15. The minimum Gasteiger partial charge on any atom is -0.489 e. The quantitative estimate of drug-likeness (QED) is 0.867. The molecule has 0 bridgehead atoms. The van der Waals surface area contributed by atoms with Crippen LogP contribution in [0.2, 0.25) is 5.02 Å². The van der Waals surface area contributed by atoms with Crippen LogP contribution < -0.4 is 10.1 Å². The summed E-state index contributed by atoms with van der Waals surface area (Å²) < 4.78 is 18.9. The SMILES string of the molecule is CC(CNCc1cccs1)Oc1ccc(Cl)c(F)c1. The van der Waals surface area contributed by atoms with Crippen LogP contribution in [0.25, 0.3) is 0 Å². The molecule has 0 aliphatic rings. The van der Waals surface area contributed by atoms with E-state index in [0.29, 0.717) is 12.3 Å². The van der Waals surface area contributed by atoms with Crippen molar-refractivity contribution >= 4 is 22.9 Å². The average Bonchev–Trinajstić information content (AvgIpc) is 2.87. The number of hydrogen-bond acceptors (Lipinski definition) is 3. The maximum absolute atomic E-state index is 13.2. The first kappa shape index (κ1) is 14.3. The third-order valence-electron chi connectivity index (χ3n) is 2.54. The molecule has 0 amide bonds. The molecule has 102 valence electrons. The highest BCUT2D eigenvalue weighted by Gasteiger charge is 2.06. The largest absolute Gasteiger partial charge is 0.489 e. The van der Waals surface area contributed by atoms with Crippen LogP contribution in [0.15, 0.2) is 35.7 Å². The van der Waals surface area contributed by atoms with Crippen LogP contribution in [0, 0.1) is 5.82 Å². The highest BCUT2D eigenvalue weighted by Crippen LogP contribution is 2.21. The van der Waals surface area contributed by atoms with Crippen molar-refractivity contribution < 1.29 is 9.13 Å². The molecule has 5 heteroatoms. The first-order valence-electron chi connectivity index (χ1n) is 6.00. The lowest BCUT2D eigenvalue weighted by atomic mass is 10.3. The van der Waals surface area contributed by atoms with Gasteiger partial charge in [0.05, 0.1) is 5.02 Å². The Hall–Kier alpha value is -1.10. The van der Waals surface area contributed by atoms with Crippen molar-refractivity contribution in [3.8, 4) is 5.75 Å². The Kier molecular flexibility index (Phi) is 5.19. The fraction of sp³-hybridized carbons (Fsp3) is 0.286. The molecule has 1 heterocycles. The van der Waals surface area contributed by atoms with E-state index < -0.39 is 5.82 Å². The van der Waals surface area contributed by atoms with Crippen molar-refractivity contribution in [3.63, 3.8) is 0 Å². The molecule has 0 radical (unpaired) electrons. The smallest absolute Gasteiger partial charge is 0.145 e. The zero-order valence-electron chi connectivity index (χ0n) is 10.5. The van der Waals surface area contributed by atoms with Gasteiger partial charge in [0, 0.05) is 24.0 Å². The van der Waals surface area contributed by atoms with Crippen LogP contribution in [0.3, 0.4) is 0 Å². The number of rotatable bonds is 6. The molecule has 1 aromatic heterocycles. The maximum Gasteiger partial charge on any atom is 0.145 e. The summed E-state index contributed by atoms with van der Waals surface area (Å²) in [6.45, 7) is 3.45. The van der Waals surface area contributed by atoms with E-state index in [1.54, 1.807) is 17.4 Å². The van der Waals surface area contributed by atoms with Crippen molar-refractivity contribution in [2.75, 3.05) is 6.54 Å². The molecule has 0 aliphatic carbocycles. The standard InChI is InChI=1S/C14H15ClFNOS/c1-10(8-17-9-12-3-2-6-19-12)18-11-4-5-13(15)14(16)7-11/h2-7,10,17H,8-9H2,1H3. The minimum atomic E-state index is -0.460. The van der Waals surface area contributed by atoms with Gasteiger partial charge in [0.15, 0.2) is 0 Å². The second-order valence-electron chi connectivity index (χ2n) is 4.21. The molecule has 0 saturated heterocycles. The van der Waals surface area contributed by atoms with Gasteiger partial charge in [-0.05, 0) is 30.5 Å². The Morgan fingerprint density at radius 1 is 1.42 bits per heavy atom. The number of nitrogens with one attached hydrogen (secondary N) is 1. The molecule has 1 aromatic carbocycles. The second-order valence-corrected chi connectivity index (χ2v) is 5.65. The van der Waals surface area contributed by atoms with Crippen molar-refractivity contribution in [3.05, 3.63) is 51.4 Å². The Bertz CT molecular complexity index is 518. The molecule has 1 N–H and O–H groups in total. The third-order valence-corrected chi connectivity index (χ3v) is 3.72. The van der Waals surface area contributed by atoms with Crippen LogP contribution >= 0.6 is 22.9 Å². The fourth-order valence-corrected chi connectivity index (χ4v) is 2.43. The van der Waals surface area contributed by atoms with Crippen LogP contribution in [0.4, 0.5) is 4.39 Å². The summed E-state index contributed by atoms with van der Waals surface area (Å²) in [5, 5.41) is 5.46.